The summed E-state index contributed by atoms with van der Waals surface area (Å²) in [5, 5.41) is 0. The van der Waals surface area contributed by atoms with Crippen molar-refractivity contribution in [2.45, 2.75) is 32.4 Å². The monoisotopic (exact) mass is 247 g/mol. The van der Waals surface area contributed by atoms with Gasteiger partial charge in [-0.25, -0.2) is 0 Å². The number of carbonyl (C=O) groups is 1. The molecule has 2 rings (SSSR count). The summed E-state index contributed by atoms with van der Waals surface area (Å²) < 4.78 is 4.92. The molecule has 0 radical (unpaired) electrons. The third-order valence-electron chi connectivity index (χ3n) is 3.67. The van der Waals surface area contributed by atoms with Gasteiger partial charge in [0.15, 0.2) is 0 Å². The Kier molecular flexibility index (Phi) is 4.02. The van der Waals surface area contributed by atoms with Crippen LogP contribution in [0.5, 0.6) is 0 Å². The van der Waals surface area contributed by atoms with E-state index in [2.05, 4.69) is 24.0 Å². The number of esters is 1. The first-order valence-electron chi connectivity index (χ1n) is 6.46. The molecule has 1 saturated carbocycles. The highest BCUT2D eigenvalue weighted by atomic mass is 16.5. The van der Waals surface area contributed by atoms with E-state index >= 15 is 0 Å². The Morgan fingerprint density at radius 1 is 1.44 bits per heavy atom. The summed E-state index contributed by atoms with van der Waals surface area (Å²) in [6.07, 6.45) is 2.27. The Balaban J connectivity index is 2.07. The van der Waals surface area contributed by atoms with E-state index in [9.17, 15) is 4.79 Å². The molecule has 3 heteroatoms. The molecule has 98 valence electrons. The van der Waals surface area contributed by atoms with Gasteiger partial charge < -0.3 is 4.74 Å². The second-order valence-electron chi connectivity index (χ2n) is 5.15. The molecule has 0 aliphatic heterocycles. The van der Waals surface area contributed by atoms with Crippen LogP contribution in [0.15, 0.2) is 24.3 Å². The van der Waals surface area contributed by atoms with Gasteiger partial charge in [-0.2, -0.15) is 0 Å². The molecule has 18 heavy (non-hydrogen) atoms. The standard InChI is InChI=1S/C15H21NO2/c1-11-6-4-5-7-13(11)10-16(2)14(12-8-9-12)15(17)18-3/h4-7,12,14H,8-10H2,1-3H3. The summed E-state index contributed by atoms with van der Waals surface area (Å²) in [6.45, 7) is 2.90. The molecule has 0 aromatic heterocycles. The number of ether oxygens (including phenoxy) is 1. The predicted octanol–water partition coefficient (Wildman–Crippen LogP) is 2.38. The van der Waals surface area contributed by atoms with Crippen molar-refractivity contribution in [3.63, 3.8) is 0 Å². The van der Waals surface area contributed by atoms with Gasteiger partial charge in [0.05, 0.1) is 7.11 Å². The molecule has 1 atom stereocenters. The maximum atomic E-state index is 11.8. The van der Waals surface area contributed by atoms with Gasteiger partial charge in [-0.1, -0.05) is 24.3 Å². The van der Waals surface area contributed by atoms with Crippen molar-refractivity contribution in [2.75, 3.05) is 14.2 Å². The molecule has 0 amide bonds. The zero-order valence-corrected chi connectivity index (χ0v) is 11.3. The average molecular weight is 247 g/mol. The fourth-order valence-electron chi connectivity index (χ4n) is 2.42. The van der Waals surface area contributed by atoms with E-state index in [0.717, 1.165) is 19.4 Å². The third-order valence-corrected chi connectivity index (χ3v) is 3.67. The maximum Gasteiger partial charge on any atom is 0.323 e. The highest BCUT2D eigenvalue weighted by molar-refractivity contribution is 5.76. The molecular formula is C15H21NO2. The minimum Gasteiger partial charge on any atom is -0.468 e. The molecule has 1 aromatic rings. The van der Waals surface area contributed by atoms with Gasteiger partial charge in [-0.05, 0) is 43.9 Å². The minimum atomic E-state index is -0.103. The lowest BCUT2D eigenvalue weighted by molar-refractivity contribution is -0.147. The Labute approximate surface area is 109 Å². The number of hydrogen-bond donors (Lipinski definition) is 0. The van der Waals surface area contributed by atoms with E-state index in [0.29, 0.717) is 5.92 Å². The van der Waals surface area contributed by atoms with Gasteiger partial charge in [-0.15, -0.1) is 0 Å². The number of benzene rings is 1. The Morgan fingerprint density at radius 2 is 2.11 bits per heavy atom. The van der Waals surface area contributed by atoms with Crippen LogP contribution in [0.1, 0.15) is 24.0 Å². The van der Waals surface area contributed by atoms with Crippen molar-refractivity contribution in [2.24, 2.45) is 5.92 Å². The average Bonchev–Trinajstić information content (AvgIpc) is 3.16. The molecule has 1 aliphatic carbocycles. The summed E-state index contributed by atoms with van der Waals surface area (Å²) in [6, 6.07) is 8.22. The Morgan fingerprint density at radius 3 is 2.67 bits per heavy atom. The number of aryl methyl sites for hydroxylation is 1. The van der Waals surface area contributed by atoms with Crippen LogP contribution in [0, 0.1) is 12.8 Å². The van der Waals surface area contributed by atoms with Crippen molar-refractivity contribution in [3.8, 4) is 0 Å². The number of methoxy groups -OCH3 is 1. The molecule has 0 N–H and O–H groups in total. The number of rotatable bonds is 5. The molecule has 1 unspecified atom stereocenters. The first-order chi connectivity index (χ1) is 8.63. The number of carbonyl (C=O) groups excluding carboxylic acids is 1. The minimum absolute atomic E-state index is 0.0883. The van der Waals surface area contributed by atoms with Gasteiger partial charge >= 0.3 is 5.97 Å². The van der Waals surface area contributed by atoms with Gasteiger partial charge in [0.2, 0.25) is 0 Å². The van der Waals surface area contributed by atoms with E-state index in [1.54, 1.807) is 0 Å². The lowest BCUT2D eigenvalue weighted by atomic mass is 10.1. The second-order valence-corrected chi connectivity index (χ2v) is 5.15. The van der Waals surface area contributed by atoms with E-state index in [4.69, 9.17) is 4.74 Å². The van der Waals surface area contributed by atoms with E-state index in [1.165, 1.54) is 18.2 Å². The predicted molar refractivity (Wildman–Crippen MR) is 71.2 cm³/mol. The molecule has 1 fully saturated rings. The first kappa shape index (κ1) is 13.1. The lowest BCUT2D eigenvalue weighted by Gasteiger charge is -2.26. The van der Waals surface area contributed by atoms with Crippen LogP contribution in [-0.2, 0) is 16.1 Å². The van der Waals surface area contributed by atoms with E-state index < -0.39 is 0 Å². The van der Waals surface area contributed by atoms with Crippen LogP contribution in [0.25, 0.3) is 0 Å². The fourth-order valence-corrected chi connectivity index (χ4v) is 2.42. The molecule has 1 aliphatic rings. The van der Waals surface area contributed by atoms with Crippen molar-refractivity contribution in [1.82, 2.24) is 4.90 Å². The van der Waals surface area contributed by atoms with Crippen molar-refractivity contribution in [3.05, 3.63) is 35.4 Å². The lowest BCUT2D eigenvalue weighted by Crippen LogP contribution is -2.40. The molecule has 1 aromatic carbocycles. The molecule has 0 saturated heterocycles. The van der Waals surface area contributed by atoms with E-state index in [1.807, 2.05) is 19.2 Å². The van der Waals surface area contributed by atoms with Gasteiger partial charge in [0.1, 0.15) is 6.04 Å². The summed E-state index contributed by atoms with van der Waals surface area (Å²) in [5.74, 6) is 0.375. The fraction of sp³-hybridized carbons (Fsp3) is 0.533. The molecule has 0 spiro atoms. The molecule has 0 bridgehead atoms. The quantitative estimate of drug-likeness (QED) is 0.748. The second kappa shape index (κ2) is 5.53. The van der Waals surface area contributed by atoms with Gasteiger partial charge in [0, 0.05) is 6.54 Å². The number of likely N-dealkylation sites (N-methyl/N-ethyl adjacent to an activating group) is 1. The Bertz CT molecular complexity index is 426. The van der Waals surface area contributed by atoms with Gasteiger partial charge in [-0.3, -0.25) is 9.69 Å². The summed E-state index contributed by atoms with van der Waals surface area (Å²) in [7, 11) is 3.48. The normalized spacial score (nSPS) is 16.7. The Hall–Kier alpha value is -1.35. The first-order valence-corrected chi connectivity index (χ1v) is 6.46. The molecule has 0 heterocycles. The summed E-state index contributed by atoms with van der Waals surface area (Å²) in [5.41, 5.74) is 2.54. The SMILES string of the molecule is COC(=O)C(C1CC1)N(C)Cc1ccccc1C. The third kappa shape index (κ3) is 2.91. The zero-order valence-electron chi connectivity index (χ0n) is 11.3. The van der Waals surface area contributed by atoms with Gasteiger partial charge in [0.25, 0.3) is 0 Å². The van der Waals surface area contributed by atoms with Crippen LogP contribution >= 0.6 is 0 Å². The van der Waals surface area contributed by atoms with Crippen molar-refractivity contribution < 1.29 is 9.53 Å². The van der Waals surface area contributed by atoms with E-state index in [-0.39, 0.29) is 12.0 Å². The van der Waals surface area contributed by atoms with Crippen LogP contribution in [-0.4, -0.2) is 31.1 Å². The number of nitrogens with zero attached hydrogens (tertiary/aromatic N) is 1. The summed E-state index contributed by atoms with van der Waals surface area (Å²) >= 11 is 0. The summed E-state index contributed by atoms with van der Waals surface area (Å²) in [4.78, 5) is 14.0. The maximum absolute atomic E-state index is 11.8. The molecular weight excluding hydrogens is 226 g/mol. The van der Waals surface area contributed by atoms with Crippen LogP contribution in [0.3, 0.4) is 0 Å². The smallest absolute Gasteiger partial charge is 0.323 e. The topological polar surface area (TPSA) is 29.5 Å². The highest BCUT2D eigenvalue weighted by Gasteiger charge is 2.39. The van der Waals surface area contributed by atoms with Crippen LogP contribution in [0.2, 0.25) is 0 Å². The number of hydrogen-bond acceptors (Lipinski definition) is 3. The van der Waals surface area contributed by atoms with Crippen molar-refractivity contribution >= 4 is 5.97 Å². The highest BCUT2D eigenvalue weighted by Crippen LogP contribution is 2.36. The van der Waals surface area contributed by atoms with Crippen molar-refractivity contribution in [1.29, 1.82) is 0 Å². The molecule has 3 nitrogen and oxygen atoms in total. The largest absolute Gasteiger partial charge is 0.468 e. The van der Waals surface area contributed by atoms with Crippen LogP contribution in [0.4, 0.5) is 0 Å². The van der Waals surface area contributed by atoms with Crippen LogP contribution < -0.4 is 0 Å². The zero-order chi connectivity index (χ0) is 13.1.